The Bertz CT molecular complexity index is 164. The molecule has 1 aliphatic heterocycles. The molecule has 1 fully saturated rings. The van der Waals surface area contributed by atoms with Gasteiger partial charge in [0.05, 0.1) is 0 Å². The van der Waals surface area contributed by atoms with Crippen molar-refractivity contribution >= 4 is 11.8 Å². The van der Waals surface area contributed by atoms with Gasteiger partial charge >= 0.3 is 0 Å². The minimum atomic E-state index is 0.850. The first-order chi connectivity index (χ1) is 7.83. The van der Waals surface area contributed by atoms with Crippen LogP contribution in [0.15, 0.2) is 0 Å². The van der Waals surface area contributed by atoms with E-state index in [4.69, 9.17) is 0 Å². The molecule has 0 aromatic heterocycles. The van der Waals surface area contributed by atoms with Crippen LogP contribution in [0.3, 0.4) is 0 Å². The number of nitrogens with one attached hydrogen (secondary N) is 1. The van der Waals surface area contributed by atoms with Gasteiger partial charge in [0.15, 0.2) is 0 Å². The molecule has 1 N–H and O–H groups in total. The molecule has 96 valence electrons. The van der Waals surface area contributed by atoms with Gasteiger partial charge < -0.3 is 10.2 Å². The lowest BCUT2D eigenvalue weighted by atomic mass is 10.2. The van der Waals surface area contributed by atoms with Crippen molar-refractivity contribution in [2.75, 3.05) is 38.5 Å². The topological polar surface area (TPSA) is 15.3 Å². The molecule has 0 radical (unpaired) electrons. The van der Waals surface area contributed by atoms with E-state index in [-0.39, 0.29) is 0 Å². The summed E-state index contributed by atoms with van der Waals surface area (Å²) >= 11 is 2.12. The highest BCUT2D eigenvalue weighted by Crippen LogP contribution is 2.18. The smallest absolute Gasteiger partial charge is 0.0147 e. The maximum absolute atomic E-state index is 3.38. The minimum absolute atomic E-state index is 0.850. The summed E-state index contributed by atoms with van der Waals surface area (Å²) in [5.41, 5.74) is 0. The van der Waals surface area contributed by atoms with E-state index in [0.29, 0.717) is 0 Å². The maximum atomic E-state index is 3.38. The van der Waals surface area contributed by atoms with Crippen LogP contribution in [-0.4, -0.2) is 48.6 Å². The summed E-state index contributed by atoms with van der Waals surface area (Å²) in [4.78, 5) is 2.64. The second kappa shape index (κ2) is 9.32. The quantitative estimate of drug-likeness (QED) is 0.661. The SMILES string of the molecule is CCNCCCCCCN1CCSC(C)C1. The molecular formula is C13H28N2S. The lowest BCUT2D eigenvalue weighted by Crippen LogP contribution is -2.37. The molecule has 0 bridgehead atoms. The average Bonchev–Trinajstić information content (AvgIpc) is 2.28. The summed E-state index contributed by atoms with van der Waals surface area (Å²) < 4.78 is 0. The molecule has 1 saturated heterocycles. The molecule has 0 amide bonds. The highest BCUT2D eigenvalue weighted by molar-refractivity contribution is 7.99. The fraction of sp³-hybridized carbons (Fsp3) is 1.00. The third kappa shape index (κ3) is 6.77. The Morgan fingerprint density at radius 2 is 2.06 bits per heavy atom. The van der Waals surface area contributed by atoms with Crippen LogP contribution in [0.1, 0.15) is 39.5 Å². The number of thioether (sulfide) groups is 1. The molecule has 0 spiro atoms. The molecule has 16 heavy (non-hydrogen) atoms. The molecule has 2 nitrogen and oxygen atoms in total. The van der Waals surface area contributed by atoms with Crippen molar-refractivity contribution in [1.29, 1.82) is 0 Å². The summed E-state index contributed by atoms with van der Waals surface area (Å²) in [6.07, 6.45) is 5.54. The molecule has 1 heterocycles. The molecule has 1 rings (SSSR count). The Labute approximate surface area is 106 Å². The third-order valence-corrected chi connectivity index (χ3v) is 4.29. The van der Waals surface area contributed by atoms with E-state index in [1.807, 2.05) is 0 Å². The predicted molar refractivity (Wildman–Crippen MR) is 75.4 cm³/mol. The van der Waals surface area contributed by atoms with Crippen LogP contribution in [0, 0.1) is 0 Å². The van der Waals surface area contributed by atoms with Crippen LogP contribution < -0.4 is 5.32 Å². The van der Waals surface area contributed by atoms with E-state index in [1.165, 1.54) is 57.6 Å². The molecule has 0 aliphatic carbocycles. The Morgan fingerprint density at radius 3 is 2.81 bits per heavy atom. The summed E-state index contributed by atoms with van der Waals surface area (Å²) in [5, 5.41) is 4.23. The highest BCUT2D eigenvalue weighted by Gasteiger charge is 2.15. The first kappa shape index (κ1) is 14.3. The predicted octanol–water partition coefficient (Wildman–Crippen LogP) is 2.59. The zero-order chi connectivity index (χ0) is 11.6. The standard InChI is InChI=1S/C13H28N2S/c1-3-14-8-6-4-5-7-9-15-10-11-16-13(2)12-15/h13-14H,3-12H2,1-2H3. The van der Waals surface area contributed by atoms with Crippen LogP contribution in [0.2, 0.25) is 0 Å². The first-order valence-corrected chi connectivity index (χ1v) is 7.92. The molecular weight excluding hydrogens is 216 g/mol. The number of nitrogens with zero attached hydrogens (tertiary/aromatic N) is 1. The van der Waals surface area contributed by atoms with E-state index in [9.17, 15) is 0 Å². The third-order valence-electron chi connectivity index (χ3n) is 3.15. The van der Waals surface area contributed by atoms with E-state index >= 15 is 0 Å². The minimum Gasteiger partial charge on any atom is -0.317 e. The van der Waals surface area contributed by atoms with Crippen LogP contribution in [0.5, 0.6) is 0 Å². The zero-order valence-electron chi connectivity index (χ0n) is 11.0. The second-order valence-electron chi connectivity index (χ2n) is 4.75. The summed E-state index contributed by atoms with van der Waals surface area (Å²) in [6.45, 7) is 10.8. The lowest BCUT2D eigenvalue weighted by molar-refractivity contribution is 0.279. The van der Waals surface area contributed by atoms with Gasteiger partial charge in [0.1, 0.15) is 0 Å². The number of unbranched alkanes of at least 4 members (excludes halogenated alkanes) is 3. The Balaban J connectivity index is 1.86. The number of rotatable bonds is 8. The Morgan fingerprint density at radius 1 is 1.25 bits per heavy atom. The van der Waals surface area contributed by atoms with Crippen molar-refractivity contribution in [2.45, 2.75) is 44.8 Å². The summed E-state index contributed by atoms with van der Waals surface area (Å²) in [6, 6.07) is 0. The van der Waals surface area contributed by atoms with Crippen molar-refractivity contribution in [1.82, 2.24) is 10.2 Å². The van der Waals surface area contributed by atoms with E-state index in [0.717, 1.165) is 11.8 Å². The van der Waals surface area contributed by atoms with E-state index < -0.39 is 0 Å². The van der Waals surface area contributed by atoms with Gasteiger partial charge in [-0.05, 0) is 32.5 Å². The van der Waals surface area contributed by atoms with Gasteiger partial charge in [0.25, 0.3) is 0 Å². The van der Waals surface area contributed by atoms with Crippen molar-refractivity contribution in [3.05, 3.63) is 0 Å². The second-order valence-corrected chi connectivity index (χ2v) is 6.30. The Hall–Kier alpha value is 0.270. The van der Waals surface area contributed by atoms with Gasteiger partial charge in [-0.15, -0.1) is 0 Å². The first-order valence-electron chi connectivity index (χ1n) is 6.87. The Kier molecular flexibility index (Phi) is 8.34. The lowest BCUT2D eigenvalue weighted by Gasteiger charge is -2.30. The van der Waals surface area contributed by atoms with Gasteiger partial charge in [-0.3, -0.25) is 0 Å². The molecule has 3 heteroatoms. The maximum Gasteiger partial charge on any atom is 0.0147 e. The van der Waals surface area contributed by atoms with Crippen LogP contribution in [0.25, 0.3) is 0 Å². The molecule has 1 aliphatic rings. The summed E-state index contributed by atoms with van der Waals surface area (Å²) in [7, 11) is 0. The van der Waals surface area contributed by atoms with Crippen molar-refractivity contribution < 1.29 is 0 Å². The van der Waals surface area contributed by atoms with Crippen molar-refractivity contribution in [3.63, 3.8) is 0 Å². The largest absolute Gasteiger partial charge is 0.317 e. The average molecular weight is 244 g/mol. The molecule has 0 saturated carbocycles. The van der Waals surface area contributed by atoms with Crippen LogP contribution in [-0.2, 0) is 0 Å². The molecule has 0 aromatic carbocycles. The van der Waals surface area contributed by atoms with Crippen LogP contribution >= 0.6 is 11.8 Å². The molecule has 0 aromatic rings. The number of hydrogen-bond donors (Lipinski definition) is 1. The van der Waals surface area contributed by atoms with Crippen molar-refractivity contribution in [2.24, 2.45) is 0 Å². The highest BCUT2D eigenvalue weighted by atomic mass is 32.2. The zero-order valence-corrected chi connectivity index (χ0v) is 11.8. The number of hydrogen-bond acceptors (Lipinski definition) is 3. The van der Waals surface area contributed by atoms with Gasteiger partial charge in [0, 0.05) is 24.1 Å². The van der Waals surface area contributed by atoms with Gasteiger partial charge in [0.2, 0.25) is 0 Å². The van der Waals surface area contributed by atoms with Crippen LogP contribution in [0.4, 0.5) is 0 Å². The monoisotopic (exact) mass is 244 g/mol. The normalized spacial score (nSPS) is 22.5. The van der Waals surface area contributed by atoms with E-state index in [1.54, 1.807) is 0 Å². The van der Waals surface area contributed by atoms with Gasteiger partial charge in [-0.1, -0.05) is 26.7 Å². The molecule has 1 atom stereocenters. The van der Waals surface area contributed by atoms with Gasteiger partial charge in [-0.2, -0.15) is 11.8 Å². The summed E-state index contributed by atoms with van der Waals surface area (Å²) in [5.74, 6) is 1.33. The fourth-order valence-corrected chi connectivity index (χ4v) is 3.29. The van der Waals surface area contributed by atoms with E-state index in [2.05, 4.69) is 35.8 Å². The molecule has 1 unspecified atom stereocenters. The fourth-order valence-electron chi connectivity index (χ4n) is 2.21. The van der Waals surface area contributed by atoms with Gasteiger partial charge in [-0.25, -0.2) is 0 Å². The van der Waals surface area contributed by atoms with Crippen molar-refractivity contribution in [3.8, 4) is 0 Å².